The van der Waals surface area contributed by atoms with E-state index in [-0.39, 0.29) is 17.6 Å². The summed E-state index contributed by atoms with van der Waals surface area (Å²) in [4.78, 5) is 12.2. The molecule has 1 aromatic rings. The first-order valence-electron chi connectivity index (χ1n) is 9.28. The van der Waals surface area contributed by atoms with Crippen molar-refractivity contribution in [3.8, 4) is 0 Å². The molecule has 6 heteroatoms. The second kappa shape index (κ2) is 8.79. The maximum Gasteiger partial charge on any atom is 0.225 e. The molecule has 0 atom stereocenters. The molecule has 0 aromatic carbocycles. The summed E-state index contributed by atoms with van der Waals surface area (Å²) in [7, 11) is 0. The Labute approximate surface area is 152 Å². The highest BCUT2D eigenvalue weighted by Crippen LogP contribution is 2.24. The van der Waals surface area contributed by atoms with Crippen molar-refractivity contribution in [1.29, 1.82) is 0 Å². The molecule has 0 aliphatic heterocycles. The lowest BCUT2D eigenvalue weighted by atomic mass is 9.88. The number of ether oxygens (including phenoxy) is 1. The van der Waals surface area contributed by atoms with Gasteiger partial charge in [-0.3, -0.25) is 9.48 Å². The van der Waals surface area contributed by atoms with Crippen molar-refractivity contribution in [3.63, 3.8) is 0 Å². The molecule has 1 aromatic heterocycles. The zero-order valence-corrected chi connectivity index (χ0v) is 17.2. The van der Waals surface area contributed by atoms with Crippen LogP contribution in [0.2, 0.25) is 0 Å². The number of rotatable bonds is 10. The molecule has 1 N–H and O–H groups in total. The van der Waals surface area contributed by atoms with Crippen LogP contribution in [0.5, 0.6) is 0 Å². The van der Waals surface area contributed by atoms with Crippen LogP contribution in [0.25, 0.3) is 0 Å². The Morgan fingerprint density at radius 1 is 1.20 bits per heavy atom. The van der Waals surface area contributed by atoms with Gasteiger partial charge in [0, 0.05) is 30.8 Å². The zero-order chi connectivity index (χ0) is 19.3. The van der Waals surface area contributed by atoms with Gasteiger partial charge in [0.15, 0.2) is 0 Å². The van der Waals surface area contributed by atoms with Gasteiger partial charge in [0.1, 0.15) is 0 Å². The minimum Gasteiger partial charge on any atom is -0.375 e. The van der Waals surface area contributed by atoms with E-state index in [1.165, 1.54) is 0 Å². The number of aromatic nitrogens is 3. The Hall–Kier alpha value is -1.43. The molecule has 0 fully saturated rings. The molecule has 1 heterocycles. The average molecular weight is 353 g/mol. The van der Waals surface area contributed by atoms with E-state index in [4.69, 9.17) is 4.74 Å². The summed E-state index contributed by atoms with van der Waals surface area (Å²) in [5.74, 6) is 0.463. The van der Waals surface area contributed by atoms with E-state index in [9.17, 15) is 4.79 Å². The number of aryl methyl sites for hydroxylation is 1. The second-order valence-corrected chi connectivity index (χ2v) is 8.68. The minimum atomic E-state index is -0.432. The average Bonchev–Trinajstić information content (AvgIpc) is 2.93. The van der Waals surface area contributed by atoms with Crippen LogP contribution in [0.15, 0.2) is 6.20 Å². The molecular weight excluding hydrogens is 316 g/mol. The van der Waals surface area contributed by atoms with Crippen LogP contribution in [0, 0.1) is 5.41 Å². The molecule has 0 aliphatic rings. The van der Waals surface area contributed by atoms with Gasteiger partial charge in [0.2, 0.25) is 5.91 Å². The Bertz CT molecular complexity index is 547. The molecule has 0 radical (unpaired) electrons. The lowest BCUT2D eigenvalue weighted by Crippen LogP contribution is -2.41. The molecule has 0 spiro atoms. The van der Waals surface area contributed by atoms with Crippen LogP contribution >= 0.6 is 0 Å². The van der Waals surface area contributed by atoms with Crippen molar-refractivity contribution in [1.82, 2.24) is 20.3 Å². The first-order valence-corrected chi connectivity index (χ1v) is 9.28. The number of nitrogens with one attached hydrogen (secondary N) is 1. The quantitative estimate of drug-likeness (QED) is 0.699. The molecule has 25 heavy (non-hydrogen) atoms. The Kier molecular flexibility index (Phi) is 7.60. The third-order valence-electron chi connectivity index (χ3n) is 4.35. The predicted octanol–water partition coefficient (Wildman–Crippen LogP) is 3.53. The van der Waals surface area contributed by atoms with Gasteiger partial charge in [-0.1, -0.05) is 32.9 Å². The Morgan fingerprint density at radius 3 is 2.36 bits per heavy atom. The number of hydrogen-bond acceptors (Lipinski definition) is 4. The first-order chi connectivity index (χ1) is 11.4. The molecule has 0 bridgehead atoms. The SMILES string of the molecule is CC(C)NC(=O)C(C)(C)CCOC(C)(C)CCn1cc(C(C)C)nn1. The van der Waals surface area contributed by atoms with Gasteiger partial charge in [-0.2, -0.15) is 0 Å². The molecular formula is C19H36N4O2. The van der Waals surface area contributed by atoms with Crippen LogP contribution in [0.4, 0.5) is 0 Å². The van der Waals surface area contributed by atoms with Crippen molar-refractivity contribution >= 4 is 5.91 Å². The normalized spacial score (nSPS) is 12.9. The number of carbonyl (C=O) groups is 1. The van der Waals surface area contributed by atoms with Gasteiger partial charge in [-0.25, -0.2) is 0 Å². The Balaban J connectivity index is 2.42. The zero-order valence-electron chi connectivity index (χ0n) is 17.2. The summed E-state index contributed by atoms with van der Waals surface area (Å²) in [5.41, 5.74) is 0.309. The summed E-state index contributed by atoms with van der Waals surface area (Å²) < 4.78 is 7.93. The van der Waals surface area contributed by atoms with E-state index in [0.717, 1.165) is 18.7 Å². The van der Waals surface area contributed by atoms with E-state index in [2.05, 4.69) is 43.3 Å². The minimum absolute atomic E-state index is 0.0766. The van der Waals surface area contributed by atoms with E-state index >= 15 is 0 Å². The monoisotopic (exact) mass is 352 g/mol. The van der Waals surface area contributed by atoms with Crippen molar-refractivity contribution in [2.75, 3.05) is 6.61 Å². The first kappa shape index (κ1) is 21.6. The van der Waals surface area contributed by atoms with Crippen LogP contribution in [-0.2, 0) is 16.1 Å². The number of hydrogen-bond donors (Lipinski definition) is 1. The predicted molar refractivity (Wildman–Crippen MR) is 100 cm³/mol. The lowest BCUT2D eigenvalue weighted by Gasteiger charge is -2.29. The molecule has 0 saturated carbocycles. The van der Waals surface area contributed by atoms with Crippen molar-refractivity contribution in [2.45, 2.75) is 92.3 Å². The fourth-order valence-corrected chi connectivity index (χ4v) is 2.30. The van der Waals surface area contributed by atoms with Gasteiger partial charge in [0.25, 0.3) is 0 Å². The van der Waals surface area contributed by atoms with Crippen LogP contribution in [-0.4, -0.2) is 39.2 Å². The van der Waals surface area contributed by atoms with E-state index in [1.807, 2.05) is 38.6 Å². The number of nitrogens with zero attached hydrogens (tertiary/aromatic N) is 3. The summed E-state index contributed by atoms with van der Waals surface area (Å²) in [6.45, 7) is 17.6. The lowest BCUT2D eigenvalue weighted by molar-refractivity contribution is -0.132. The second-order valence-electron chi connectivity index (χ2n) is 8.68. The third kappa shape index (κ3) is 7.55. The molecule has 144 valence electrons. The molecule has 1 amide bonds. The summed E-state index contributed by atoms with van der Waals surface area (Å²) in [6.07, 6.45) is 3.53. The fourth-order valence-electron chi connectivity index (χ4n) is 2.30. The van der Waals surface area contributed by atoms with Crippen molar-refractivity contribution in [3.05, 3.63) is 11.9 Å². The van der Waals surface area contributed by atoms with Crippen molar-refractivity contribution < 1.29 is 9.53 Å². The van der Waals surface area contributed by atoms with Crippen LogP contribution in [0.1, 0.15) is 79.8 Å². The highest BCUT2D eigenvalue weighted by molar-refractivity contribution is 5.81. The van der Waals surface area contributed by atoms with Gasteiger partial charge >= 0.3 is 0 Å². The summed E-state index contributed by atoms with van der Waals surface area (Å²) in [6, 6.07) is 0.155. The number of amides is 1. The highest BCUT2D eigenvalue weighted by atomic mass is 16.5. The van der Waals surface area contributed by atoms with E-state index in [0.29, 0.717) is 18.9 Å². The van der Waals surface area contributed by atoms with Gasteiger partial charge < -0.3 is 10.1 Å². The molecule has 6 nitrogen and oxygen atoms in total. The standard InChI is InChI=1S/C19H36N4O2/c1-14(2)16-13-23(22-21-16)11-9-19(7,8)25-12-10-18(5,6)17(24)20-15(3)4/h13-15H,9-12H2,1-8H3,(H,20,24). The third-order valence-corrected chi connectivity index (χ3v) is 4.35. The summed E-state index contributed by atoms with van der Waals surface area (Å²) >= 11 is 0. The van der Waals surface area contributed by atoms with Crippen LogP contribution < -0.4 is 5.32 Å². The smallest absolute Gasteiger partial charge is 0.225 e. The summed E-state index contributed by atoms with van der Waals surface area (Å²) in [5, 5.41) is 11.3. The maximum atomic E-state index is 12.2. The van der Waals surface area contributed by atoms with Gasteiger partial charge in [-0.15, -0.1) is 5.10 Å². The topological polar surface area (TPSA) is 69.0 Å². The molecule has 0 saturated heterocycles. The number of carbonyl (C=O) groups excluding carboxylic acids is 1. The Morgan fingerprint density at radius 2 is 1.84 bits per heavy atom. The molecule has 0 aliphatic carbocycles. The molecule has 1 rings (SSSR count). The fraction of sp³-hybridized carbons (Fsp3) is 0.842. The van der Waals surface area contributed by atoms with E-state index in [1.54, 1.807) is 0 Å². The largest absolute Gasteiger partial charge is 0.375 e. The van der Waals surface area contributed by atoms with Gasteiger partial charge in [0.05, 0.1) is 11.3 Å². The van der Waals surface area contributed by atoms with Crippen LogP contribution in [0.3, 0.4) is 0 Å². The van der Waals surface area contributed by atoms with E-state index < -0.39 is 5.41 Å². The highest BCUT2D eigenvalue weighted by Gasteiger charge is 2.29. The van der Waals surface area contributed by atoms with Gasteiger partial charge in [-0.05, 0) is 46.5 Å². The molecule has 0 unspecified atom stereocenters. The van der Waals surface area contributed by atoms with Crippen molar-refractivity contribution in [2.24, 2.45) is 5.41 Å². The maximum absolute atomic E-state index is 12.2.